The maximum absolute atomic E-state index is 12.3. The van der Waals surface area contributed by atoms with Crippen molar-refractivity contribution in [1.82, 2.24) is 10.2 Å². The summed E-state index contributed by atoms with van der Waals surface area (Å²) in [4.78, 5) is 25.3. The molecule has 0 aromatic heterocycles. The number of nitrogens with one attached hydrogen (secondary N) is 1. The molecule has 2 N–H and O–H groups in total. The molecule has 132 valence electrons. The lowest BCUT2D eigenvalue weighted by Crippen LogP contribution is -2.46. The van der Waals surface area contributed by atoms with Crippen molar-refractivity contribution in [2.45, 2.75) is 19.4 Å². The second-order valence-electron chi connectivity index (χ2n) is 6.25. The van der Waals surface area contributed by atoms with E-state index in [0.29, 0.717) is 5.56 Å². The molecule has 2 aromatic rings. The Bertz CT molecular complexity index is 722. The van der Waals surface area contributed by atoms with Crippen LogP contribution in [0.2, 0.25) is 0 Å². The highest BCUT2D eigenvalue weighted by atomic mass is 16.4. The predicted molar refractivity (Wildman–Crippen MR) is 98.7 cm³/mol. The number of nitrogens with zero attached hydrogens (tertiary/aromatic N) is 1. The van der Waals surface area contributed by atoms with Crippen molar-refractivity contribution >= 4 is 11.9 Å². The fourth-order valence-corrected chi connectivity index (χ4v) is 2.54. The molecule has 0 aliphatic heterocycles. The van der Waals surface area contributed by atoms with Crippen LogP contribution in [0.3, 0.4) is 0 Å². The molecule has 0 bridgehead atoms. The van der Waals surface area contributed by atoms with Gasteiger partial charge in [-0.05, 0) is 49.3 Å². The molecule has 0 fully saturated rings. The van der Waals surface area contributed by atoms with Crippen molar-refractivity contribution in [2.75, 3.05) is 20.6 Å². The zero-order valence-electron chi connectivity index (χ0n) is 14.8. The molecule has 0 saturated carbocycles. The zero-order chi connectivity index (χ0) is 18.4. The van der Waals surface area contributed by atoms with Crippen LogP contribution in [-0.4, -0.2) is 48.6 Å². The normalized spacial score (nSPS) is 12.0. The van der Waals surface area contributed by atoms with Gasteiger partial charge in [0, 0.05) is 12.1 Å². The van der Waals surface area contributed by atoms with Crippen molar-refractivity contribution in [3.05, 3.63) is 59.7 Å². The van der Waals surface area contributed by atoms with Gasteiger partial charge in [0.2, 0.25) is 0 Å². The van der Waals surface area contributed by atoms with E-state index in [9.17, 15) is 14.7 Å². The maximum Gasteiger partial charge on any atom is 0.327 e. The summed E-state index contributed by atoms with van der Waals surface area (Å²) in [6.07, 6.45) is 0.997. The van der Waals surface area contributed by atoms with Crippen molar-refractivity contribution in [3.63, 3.8) is 0 Å². The molecule has 0 radical (unpaired) electrons. The highest BCUT2D eigenvalue weighted by Gasteiger charge is 2.21. The average molecular weight is 340 g/mol. The van der Waals surface area contributed by atoms with Crippen LogP contribution >= 0.6 is 0 Å². The lowest BCUT2D eigenvalue weighted by atomic mass is 10.0. The van der Waals surface area contributed by atoms with Crippen molar-refractivity contribution in [2.24, 2.45) is 0 Å². The Morgan fingerprint density at radius 2 is 1.52 bits per heavy atom. The number of likely N-dealkylation sites (N-methyl/N-ethyl adjacent to an activating group) is 1. The first-order valence-electron chi connectivity index (χ1n) is 8.28. The van der Waals surface area contributed by atoms with Gasteiger partial charge >= 0.3 is 5.97 Å². The van der Waals surface area contributed by atoms with Gasteiger partial charge in [-0.1, -0.05) is 43.3 Å². The number of aliphatic carboxylic acids is 1. The first-order chi connectivity index (χ1) is 11.9. The second-order valence-corrected chi connectivity index (χ2v) is 6.25. The quantitative estimate of drug-likeness (QED) is 0.813. The lowest BCUT2D eigenvalue weighted by molar-refractivity contribution is -0.139. The zero-order valence-corrected chi connectivity index (χ0v) is 14.8. The number of carboxylic acid groups (broad SMARTS) is 1. The number of amides is 1. The first-order valence-corrected chi connectivity index (χ1v) is 8.28. The van der Waals surface area contributed by atoms with E-state index >= 15 is 0 Å². The van der Waals surface area contributed by atoms with Gasteiger partial charge in [-0.25, -0.2) is 4.79 Å². The van der Waals surface area contributed by atoms with Crippen LogP contribution in [0.1, 0.15) is 22.8 Å². The summed E-state index contributed by atoms with van der Waals surface area (Å²) in [5.41, 5.74) is 3.82. The summed E-state index contributed by atoms with van der Waals surface area (Å²) in [5, 5.41) is 11.8. The summed E-state index contributed by atoms with van der Waals surface area (Å²) in [5.74, 6) is -1.43. The van der Waals surface area contributed by atoms with E-state index < -0.39 is 12.0 Å². The second kappa shape index (κ2) is 8.44. The van der Waals surface area contributed by atoms with Gasteiger partial charge in [-0.2, -0.15) is 0 Å². The first kappa shape index (κ1) is 18.7. The number of hydrogen-bond donors (Lipinski definition) is 2. The lowest BCUT2D eigenvalue weighted by Gasteiger charge is -2.18. The molecular formula is C20H24N2O3. The highest BCUT2D eigenvalue weighted by molar-refractivity contribution is 5.97. The molecule has 0 spiro atoms. The Kier molecular flexibility index (Phi) is 6.31. The Hall–Kier alpha value is -2.66. The summed E-state index contributed by atoms with van der Waals surface area (Å²) >= 11 is 0. The third kappa shape index (κ3) is 5.16. The summed E-state index contributed by atoms with van der Waals surface area (Å²) in [6, 6.07) is 14.5. The molecule has 1 unspecified atom stereocenters. The van der Waals surface area contributed by atoms with Crippen molar-refractivity contribution in [1.29, 1.82) is 0 Å². The van der Waals surface area contributed by atoms with Gasteiger partial charge in [0.05, 0.1) is 0 Å². The molecule has 25 heavy (non-hydrogen) atoms. The molecule has 1 amide bonds. The van der Waals surface area contributed by atoms with Crippen LogP contribution in [-0.2, 0) is 11.2 Å². The third-order valence-corrected chi connectivity index (χ3v) is 3.99. The Labute approximate surface area is 148 Å². The molecule has 0 aliphatic rings. The van der Waals surface area contributed by atoms with Crippen molar-refractivity contribution < 1.29 is 14.7 Å². The van der Waals surface area contributed by atoms with E-state index in [2.05, 4.69) is 36.5 Å². The Morgan fingerprint density at radius 3 is 1.96 bits per heavy atom. The van der Waals surface area contributed by atoms with Gasteiger partial charge < -0.3 is 15.3 Å². The molecule has 0 heterocycles. The molecule has 2 aromatic carbocycles. The van der Waals surface area contributed by atoms with Gasteiger partial charge in [-0.3, -0.25) is 4.79 Å². The van der Waals surface area contributed by atoms with Crippen LogP contribution in [0.5, 0.6) is 0 Å². The van der Waals surface area contributed by atoms with Gasteiger partial charge in [0.25, 0.3) is 5.91 Å². The molecular weight excluding hydrogens is 316 g/mol. The standard InChI is InChI=1S/C20H24N2O3/c1-4-14-5-7-15(8-6-14)16-9-11-17(12-10-16)19(23)21-18(20(24)25)13-22(2)3/h5-12,18H,4,13H2,1-3H3,(H,21,23)(H,24,25). The van der Waals surface area contributed by atoms with E-state index in [0.717, 1.165) is 17.5 Å². The van der Waals surface area contributed by atoms with Crippen LogP contribution in [0.25, 0.3) is 11.1 Å². The number of aryl methyl sites for hydroxylation is 1. The van der Waals surface area contributed by atoms with Gasteiger partial charge in [0.15, 0.2) is 0 Å². The maximum atomic E-state index is 12.3. The number of hydrogen-bond acceptors (Lipinski definition) is 3. The van der Waals surface area contributed by atoms with E-state index in [1.165, 1.54) is 5.56 Å². The number of rotatable bonds is 7. The molecule has 2 rings (SSSR count). The predicted octanol–water partition coefficient (Wildman–Crippen LogP) is 2.66. The molecule has 0 saturated heterocycles. The largest absolute Gasteiger partial charge is 0.480 e. The Balaban J connectivity index is 2.09. The third-order valence-electron chi connectivity index (χ3n) is 3.99. The van der Waals surface area contributed by atoms with E-state index in [4.69, 9.17) is 0 Å². The van der Waals surface area contributed by atoms with Crippen LogP contribution < -0.4 is 5.32 Å². The number of carbonyl (C=O) groups excluding carboxylic acids is 1. The minimum atomic E-state index is -1.05. The fraction of sp³-hybridized carbons (Fsp3) is 0.300. The van der Waals surface area contributed by atoms with Crippen LogP contribution in [0, 0.1) is 0 Å². The smallest absolute Gasteiger partial charge is 0.327 e. The number of benzene rings is 2. The van der Waals surface area contributed by atoms with E-state index in [-0.39, 0.29) is 12.5 Å². The topological polar surface area (TPSA) is 69.6 Å². The number of carboxylic acids is 1. The van der Waals surface area contributed by atoms with Crippen LogP contribution in [0.15, 0.2) is 48.5 Å². The van der Waals surface area contributed by atoms with E-state index in [1.54, 1.807) is 31.1 Å². The number of carbonyl (C=O) groups is 2. The van der Waals surface area contributed by atoms with Gasteiger partial charge in [0.1, 0.15) is 6.04 Å². The summed E-state index contributed by atoms with van der Waals surface area (Å²) in [6.45, 7) is 2.35. The molecule has 5 heteroatoms. The molecule has 5 nitrogen and oxygen atoms in total. The fourth-order valence-electron chi connectivity index (χ4n) is 2.54. The average Bonchev–Trinajstić information content (AvgIpc) is 2.61. The van der Waals surface area contributed by atoms with Crippen molar-refractivity contribution in [3.8, 4) is 11.1 Å². The SMILES string of the molecule is CCc1ccc(-c2ccc(C(=O)NC(CN(C)C)C(=O)O)cc2)cc1. The van der Waals surface area contributed by atoms with E-state index in [1.807, 2.05) is 12.1 Å². The minimum absolute atomic E-state index is 0.239. The monoisotopic (exact) mass is 340 g/mol. The molecule has 0 aliphatic carbocycles. The van der Waals surface area contributed by atoms with Crippen LogP contribution in [0.4, 0.5) is 0 Å². The summed E-state index contributed by atoms with van der Waals surface area (Å²) in [7, 11) is 3.53. The minimum Gasteiger partial charge on any atom is -0.480 e. The summed E-state index contributed by atoms with van der Waals surface area (Å²) < 4.78 is 0. The Morgan fingerprint density at radius 1 is 1.00 bits per heavy atom. The molecule has 1 atom stereocenters. The van der Waals surface area contributed by atoms with Gasteiger partial charge in [-0.15, -0.1) is 0 Å². The highest BCUT2D eigenvalue weighted by Crippen LogP contribution is 2.20.